The van der Waals surface area contributed by atoms with Crippen LogP contribution in [0.3, 0.4) is 0 Å². The molecule has 0 spiro atoms. The summed E-state index contributed by atoms with van der Waals surface area (Å²) in [6, 6.07) is 19.8. The van der Waals surface area contributed by atoms with Crippen LogP contribution in [-0.2, 0) is 19.6 Å². The van der Waals surface area contributed by atoms with Crippen LogP contribution in [0.15, 0.2) is 102 Å². The molecule has 1 atom stereocenters. The Morgan fingerprint density at radius 1 is 0.974 bits per heavy atom. The van der Waals surface area contributed by atoms with E-state index in [1.165, 1.54) is 36.4 Å². The molecule has 0 saturated heterocycles. The molecule has 0 unspecified atom stereocenters. The molecule has 198 valence electrons. The molecule has 0 aliphatic rings. The molecule has 10 heteroatoms. The van der Waals surface area contributed by atoms with Crippen molar-refractivity contribution in [1.82, 2.24) is 4.31 Å². The third kappa shape index (κ3) is 7.17. The molecule has 3 aromatic rings. The molecule has 0 aliphatic carbocycles. The topological polar surface area (TPSA) is 72.9 Å². The van der Waals surface area contributed by atoms with Gasteiger partial charge >= 0.3 is 12.1 Å². The summed E-state index contributed by atoms with van der Waals surface area (Å²) in [6.45, 7) is 1.48. The first kappa shape index (κ1) is 28.3. The van der Waals surface area contributed by atoms with Crippen LogP contribution in [-0.4, -0.2) is 38.6 Å². The SMILES string of the molecule is COC(=O)/C=C(/N([C@H](C#CCOc1ccccc1)c1ccccc1)S(=O)(=O)c1ccc(C)cc1)C(F)(F)F. The first-order chi connectivity index (χ1) is 18.0. The number of sulfonamides is 1. The summed E-state index contributed by atoms with van der Waals surface area (Å²) >= 11 is 0. The Hall–Kier alpha value is -4.23. The van der Waals surface area contributed by atoms with Gasteiger partial charge in [0, 0.05) is 0 Å². The van der Waals surface area contributed by atoms with Crippen LogP contribution in [0.2, 0.25) is 0 Å². The fraction of sp³-hybridized carbons (Fsp3) is 0.179. The smallest absolute Gasteiger partial charge is 0.432 e. The van der Waals surface area contributed by atoms with Crippen molar-refractivity contribution in [2.24, 2.45) is 0 Å². The summed E-state index contributed by atoms with van der Waals surface area (Å²) in [5.74, 6) is 4.34. The van der Waals surface area contributed by atoms with Crippen molar-refractivity contribution >= 4 is 16.0 Å². The Labute approximate surface area is 219 Å². The van der Waals surface area contributed by atoms with E-state index in [0.717, 1.165) is 7.11 Å². The van der Waals surface area contributed by atoms with Gasteiger partial charge in [-0.2, -0.15) is 13.2 Å². The van der Waals surface area contributed by atoms with E-state index >= 15 is 0 Å². The van der Waals surface area contributed by atoms with Crippen molar-refractivity contribution < 1.29 is 35.9 Å². The average Bonchev–Trinajstić information content (AvgIpc) is 2.90. The highest BCUT2D eigenvalue weighted by Crippen LogP contribution is 2.39. The van der Waals surface area contributed by atoms with E-state index < -0.39 is 38.8 Å². The number of hydrogen-bond donors (Lipinski definition) is 0. The molecule has 3 aromatic carbocycles. The Kier molecular flexibility index (Phi) is 9.20. The third-order valence-corrected chi connectivity index (χ3v) is 7.00. The fourth-order valence-corrected chi connectivity index (χ4v) is 4.93. The molecule has 0 N–H and O–H groups in total. The lowest BCUT2D eigenvalue weighted by molar-refractivity contribution is -0.136. The number of methoxy groups -OCH3 is 1. The standard InChI is InChI=1S/C28H24F3NO5S/c1-21-15-17-24(18-16-21)38(34,35)32(26(28(29,30)31)20-27(33)36-2)25(22-10-5-3-6-11-22)14-9-19-37-23-12-7-4-8-13-23/h3-8,10-13,15-18,20,25H,19H2,1-2H3/b26-20+/t25-/m1/s1. The number of rotatable bonds is 8. The number of aryl methyl sites for hydroxylation is 1. The molecule has 0 bridgehead atoms. The normalized spacial score (nSPS) is 12.6. The molecule has 0 fully saturated rings. The van der Waals surface area contributed by atoms with E-state index in [9.17, 15) is 26.4 Å². The number of nitrogens with zero attached hydrogens (tertiary/aromatic N) is 1. The van der Waals surface area contributed by atoms with Crippen LogP contribution in [0.25, 0.3) is 0 Å². The van der Waals surface area contributed by atoms with Gasteiger partial charge in [-0.1, -0.05) is 78.1 Å². The second-order valence-corrected chi connectivity index (χ2v) is 9.72. The monoisotopic (exact) mass is 543 g/mol. The molecule has 0 aromatic heterocycles. The third-order valence-electron chi connectivity index (χ3n) is 5.20. The Morgan fingerprint density at radius 3 is 2.11 bits per heavy atom. The molecule has 6 nitrogen and oxygen atoms in total. The van der Waals surface area contributed by atoms with Crippen molar-refractivity contribution in [3.8, 4) is 17.6 Å². The van der Waals surface area contributed by atoms with Gasteiger partial charge in [-0.15, -0.1) is 0 Å². The largest absolute Gasteiger partial charge is 0.481 e. The molecule has 0 amide bonds. The first-order valence-electron chi connectivity index (χ1n) is 11.2. The van der Waals surface area contributed by atoms with Crippen LogP contribution < -0.4 is 4.74 Å². The minimum absolute atomic E-state index is 0.101. The average molecular weight is 544 g/mol. The van der Waals surface area contributed by atoms with E-state index in [0.29, 0.717) is 11.3 Å². The van der Waals surface area contributed by atoms with Gasteiger partial charge < -0.3 is 9.47 Å². The summed E-state index contributed by atoms with van der Waals surface area (Å²) in [7, 11) is -4.01. The van der Waals surface area contributed by atoms with Gasteiger partial charge in [0.05, 0.1) is 18.1 Å². The first-order valence-corrected chi connectivity index (χ1v) is 12.7. The quantitative estimate of drug-likeness (QED) is 0.215. The van der Waals surface area contributed by atoms with E-state index in [1.54, 1.807) is 55.5 Å². The zero-order valence-electron chi connectivity index (χ0n) is 20.5. The molecule has 38 heavy (non-hydrogen) atoms. The summed E-state index contributed by atoms with van der Waals surface area (Å²) in [4.78, 5) is 11.6. The number of hydrogen-bond acceptors (Lipinski definition) is 5. The second kappa shape index (κ2) is 12.3. The summed E-state index contributed by atoms with van der Waals surface area (Å²) in [5, 5.41) is 0. The van der Waals surface area contributed by atoms with Crippen LogP contribution in [0.1, 0.15) is 17.2 Å². The van der Waals surface area contributed by atoms with Gasteiger partial charge in [0.15, 0.2) is 0 Å². The highest BCUT2D eigenvalue weighted by atomic mass is 32.2. The van der Waals surface area contributed by atoms with E-state index in [-0.39, 0.29) is 22.6 Å². The molecule has 0 radical (unpaired) electrons. The number of ether oxygens (including phenoxy) is 2. The van der Waals surface area contributed by atoms with E-state index in [4.69, 9.17) is 4.74 Å². The maximum atomic E-state index is 14.4. The van der Waals surface area contributed by atoms with Crippen LogP contribution in [0, 0.1) is 18.8 Å². The van der Waals surface area contributed by atoms with Crippen molar-refractivity contribution in [2.75, 3.05) is 13.7 Å². The van der Waals surface area contributed by atoms with Gasteiger partial charge in [0.2, 0.25) is 0 Å². The molecule has 0 heterocycles. The minimum Gasteiger partial charge on any atom is -0.481 e. The van der Waals surface area contributed by atoms with Crippen molar-refractivity contribution in [3.63, 3.8) is 0 Å². The summed E-state index contributed by atoms with van der Waals surface area (Å²) in [5.41, 5.74) is -0.901. The van der Waals surface area contributed by atoms with Gasteiger partial charge in [0.25, 0.3) is 10.0 Å². The number of alkyl halides is 3. The number of allylic oxidation sites excluding steroid dienone is 1. The number of halogens is 3. The summed E-state index contributed by atoms with van der Waals surface area (Å²) in [6.07, 6.45) is -5.16. The zero-order valence-corrected chi connectivity index (χ0v) is 21.3. The van der Waals surface area contributed by atoms with Crippen molar-refractivity contribution in [1.29, 1.82) is 0 Å². The summed E-state index contributed by atoms with van der Waals surface area (Å²) < 4.78 is 80.9. The lowest BCUT2D eigenvalue weighted by Crippen LogP contribution is -2.40. The van der Waals surface area contributed by atoms with E-state index in [2.05, 4.69) is 16.6 Å². The van der Waals surface area contributed by atoms with Gasteiger partial charge in [0.1, 0.15) is 24.1 Å². The molecular formula is C28H24F3NO5S. The maximum absolute atomic E-state index is 14.4. The number of carbonyl (C=O) groups is 1. The molecule has 0 aliphatic heterocycles. The zero-order chi connectivity index (χ0) is 27.8. The second-order valence-electron chi connectivity index (χ2n) is 7.90. The Bertz CT molecular complexity index is 1430. The fourth-order valence-electron chi connectivity index (χ4n) is 3.36. The lowest BCUT2D eigenvalue weighted by Gasteiger charge is -2.32. The predicted octanol–water partition coefficient (Wildman–Crippen LogP) is 5.43. The Balaban J connectivity index is 2.22. The molecule has 3 rings (SSSR count). The van der Waals surface area contributed by atoms with Crippen molar-refractivity contribution in [3.05, 3.63) is 108 Å². The number of benzene rings is 3. The number of esters is 1. The minimum atomic E-state index is -5.26. The van der Waals surface area contributed by atoms with Crippen molar-refractivity contribution in [2.45, 2.75) is 24.0 Å². The Morgan fingerprint density at radius 2 is 1.55 bits per heavy atom. The van der Waals surface area contributed by atoms with Crippen LogP contribution in [0.4, 0.5) is 13.2 Å². The molecule has 0 saturated carbocycles. The van der Waals surface area contributed by atoms with Gasteiger partial charge in [-0.05, 0) is 36.8 Å². The highest BCUT2D eigenvalue weighted by molar-refractivity contribution is 7.89. The molecular weight excluding hydrogens is 519 g/mol. The number of carbonyl (C=O) groups excluding carboxylic acids is 1. The van der Waals surface area contributed by atoms with Gasteiger partial charge in [-0.25, -0.2) is 17.5 Å². The van der Waals surface area contributed by atoms with E-state index in [1.807, 2.05) is 0 Å². The highest BCUT2D eigenvalue weighted by Gasteiger charge is 2.46. The van der Waals surface area contributed by atoms with Crippen LogP contribution >= 0.6 is 0 Å². The number of para-hydroxylation sites is 1. The predicted molar refractivity (Wildman–Crippen MR) is 135 cm³/mol. The van der Waals surface area contributed by atoms with Gasteiger partial charge in [-0.3, -0.25) is 0 Å². The maximum Gasteiger partial charge on any atom is 0.432 e. The van der Waals surface area contributed by atoms with Crippen LogP contribution in [0.5, 0.6) is 5.75 Å². The lowest BCUT2D eigenvalue weighted by atomic mass is 10.1.